The predicted octanol–water partition coefficient (Wildman–Crippen LogP) is -0.992. The Labute approximate surface area is 151 Å². The summed E-state index contributed by atoms with van der Waals surface area (Å²) in [4.78, 5) is 10.4. The van der Waals surface area contributed by atoms with Crippen LogP contribution in [0.15, 0.2) is 24.3 Å². The van der Waals surface area contributed by atoms with E-state index in [9.17, 15) is 13.2 Å². The van der Waals surface area contributed by atoms with Crippen molar-refractivity contribution in [1.29, 1.82) is 0 Å². The van der Waals surface area contributed by atoms with Crippen molar-refractivity contribution < 1.29 is 75.3 Å². The SMILES string of the molecule is CCCC(Oc1ccc(C=O)cc1)S(=O)(=O)O.[H-].[K+]. The number of carbonyl (C=O) groups is 1. The molecule has 0 aliphatic carbocycles. The van der Waals surface area contributed by atoms with Gasteiger partial charge >= 0.3 is 61.5 Å². The van der Waals surface area contributed by atoms with Crippen molar-refractivity contribution in [3.8, 4) is 5.75 Å². The standard InChI is InChI=1S/C11H14O5S.K.H/c1-2-3-11(17(13,14)15)16-10-6-4-9(8-12)5-7-10;;/h4-8,11H,2-3H2,1H3,(H,13,14,15);;/q;+1;-1. The molecule has 1 atom stereocenters. The first-order valence-electron chi connectivity index (χ1n) is 5.15. The van der Waals surface area contributed by atoms with Crippen LogP contribution in [0.1, 0.15) is 31.6 Å². The second-order valence-corrected chi connectivity index (χ2v) is 5.09. The Morgan fingerprint density at radius 2 is 1.94 bits per heavy atom. The summed E-state index contributed by atoms with van der Waals surface area (Å²) in [6.45, 7) is 1.79. The molecule has 0 heterocycles. The summed E-state index contributed by atoms with van der Waals surface area (Å²) in [5.41, 5.74) is -0.800. The molecule has 1 aromatic rings. The average molecular weight is 298 g/mol. The van der Waals surface area contributed by atoms with E-state index < -0.39 is 15.6 Å². The molecule has 1 N–H and O–H groups in total. The molecule has 5 nitrogen and oxygen atoms in total. The maximum absolute atomic E-state index is 11.0. The van der Waals surface area contributed by atoms with E-state index in [0.29, 0.717) is 24.0 Å². The third-order valence-electron chi connectivity index (χ3n) is 2.14. The summed E-state index contributed by atoms with van der Waals surface area (Å²) in [7, 11) is -4.23. The number of hydrogen-bond donors (Lipinski definition) is 1. The van der Waals surface area contributed by atoms with Gasteiger partial charge in [-0.25, -0.2) is 0 Å². The maximum Gasteiger partial charge on any atom is 1.00 e. The van der Waals surface area contributed by atoms with E-state index in [1.54, 1.807) is 6.92 Å². The molecule has 7 heteroatoms. The Balaban J connectivity index is 0. The van der Waals surface area contributed by atoms with E-state index in [0.717, 1.165) is 0 Å². The fourth-order valence-electron chi connectivity index (χ4n) is 1.28. The molecule has 0 aromatic heterocycles. The average Bonchev–Trinajstić information content (AvgIpc) is 2.28. The summed E-state index contributed by atoms with van der Waals surface area (Å²) in [5, 5.41) is 0. The van der Waals surface area contributed by atoms with Crippen LogP contribution in [0.25, 0.3) is 0 Å². The quantitative estimate of drug-likeness (QED) is 0.414. The van der Waals surface area contributed by atoms with Crippen molar-refractivity contribution >= 4 is 16.4 Å². The summed E-state index contributed by atoms with van der Waals surface area (Å²) in [6, 6.07) is 5.99. The van der Waals surface area contributed by atoms with E-state index in [1.807, 2.05) is 0 Å². The minimum atomic E-state index is -4.23. The van der Waals surface area contributed by atoms with Crippen molar-refractivity contribution in [2.24, 2.45) is 0 Å². The van der Waals surface area contributed by atoms with Crippen LogP contribution in [0.3, 0.4) is 0 Å². The number of hydrogen-bond acceptors (Lipinski definition) is 4. The number of ether oxygens (including phenoxy) is 1. The number of carbonyl (C=O) groups excluding carboxylic acids is 1. The topological polar surface area (TPSA) is 80.7 Å². The summed E-state index contributed by atoms with van der Waals surface area (Å²) >= 11 is 0. The molecular formula is C11H15KO5S. The van der Waals surface area contributed by atoms with Gasteiger partial charge in [-0.2, -0.15) is 8.42 Å². The second-order valence-electron chi connectivity index (χ2n) is 3.54. The smallest absolute Gasteiger partial charge is 1.00 e. The molecule has 0 radical (unpaired) electrons. The zero-order valence-corrected chi connectivity index (χ0v) is 14.3. The van der Waals surface area contributed by atoms with E-state index in [2.05, 4.69) is 0 Å². The van der Waals surface area contributed by atoms with Crippen molar-refractivity contribution in [2.75, 3.05) is 0 Å². The van der Waals surface area contributed by atoms with Gasteiger partial charge in [0.15, 0.2) is 0 Å². The van der Waals surface area contributed by atoms with Crippen LogP contribution in [-0.2, 0) is 10.1 Å². The van der Waals surface area contributed by atoms with E-state index in [4.69, 9.17) is 9.29 Å². The van der Waals surface area contributed by atoms with Crippen molar-refractivity contribution in [3.05, 3.63) is 29.8 Å². The third-order valence-corrected chi connectivity index (χ3v) is 3.14. The number of aldehydes is 1. The summed E-state index contributed by atoms with van der Waals surface area (Å²) in [5.74, 6) is 0.298. The third kappa shape index (κ3) is 5.92. The molecule has 0 saturated carbocycles. The molecule has 0 aliphatic rings. The molecule has 1 rings (SSSR count). The molecule has 1 unspecified atom stereocenters. The first-order valence-corrected chi connectivity index (χ1v) is 6.66. The van der Waals surface area contributed by atoms with Crippen LogP contribution in [0.2, 0.25) is 0 Å². The molecule has 96 valence electrons. The molecule has 0 fully saturated rings. The molecule has 0 amide bonds. The Bertz CT molecular complexity index is 474. The molecule has 18 heavy (non-hydrogen) atoms. The van der Waals surface area contributed by atoms with Gasteiger partial charge in [-0.3, -0.25) is 9.35 Å². The van der Waals surface area contributed by atoms with Gasteiger partial charge in [0.05, 0.1) is 0 Å². The Morgan fingerprint density at radius 1 is 1.39 bits per heavy atom. The van der Waals surface area contributed by atoms with E-state index in [-0.39, 0.29) is 59.2 Å². The number of rotatable bonds is 6. The van der Waals surface area contributed by atoms with Crippen molar-refractivity contribution in [2.45, 2.75) is 25.2 Å². The summed E-state index contributed by atoms with van der Waals surface area (Å²) in [6.07, 6.45) is 1.45. The normalized spacial score (nSPS) is 12.3. The van der Waals surface area contributed by atoms with Gasteiger partial charge in [-0.05, 0) is 24.3 Å². The fraction of sp³-hybridized carbons (Fsp3) is 0.364. The Morgan fingerprint density at radius 3 is 2.33 bits per heavy atom. The van der Waals surface area contributed by atoms with Gasteiger partial charge in [0.2, 0.25) is 5.44 Å². The molecule has 0 saturated heterocycles. The van der Waals surface area contributed by atoms with Gasteiger partial charge < -0.3 is 6.16 Å². The van der Waals surface area contributed by atoms with Crippen LogP contribution in [0.4, 0.5) is 0 Å². The Kier molecular flexibility index (Phi) is 8.53. The number of benzene rings is 1. The maximum atomic E-state index is 11.0. The predicted molar refractivity (Wildman–Crippen MR) is 63.8 cm³/mol. The van der Waals surface area contributed by atoms with Gasteiger partial charge in [-0.15, -0.1) is 0 Å². The zero-order valence-electron chi connectivity index (χ0n) is 11.4. The van der Waals surface area contributed by atoms with Crippen LogP contribution in [-0.4, -0.2) is 24.7 Å². The Hall–Kier alpha value is 0.236. The second kappa shape index (κ2) is 8.42. The van der Waals surface area contributed by atoms with Crippen LogP contribution < -0.4 is 56.1 Å². The minimum absolute atomic E-state index is 0. The molecule has 0 aliphatic heterocycles. The van der Waals surface area contributed by atoms with E-state index in [1.165, 1.54) is 24.3 Å². The zero-order chi connectivity index (χ0) is 12.9. The molecule has 1 aromatic carbocycles. The van der Waals surface area contributed by atoms with Gasteiger partial charge in [0.25, 0.3) is 0 Å². The first kappa shape index (κ1) is 18.2. The van der Waals surface area contributed by atoms with Crippen LogP contribution in [0, 0.1) is 0 Å². The van der Waals surface area contributed by atoms with Gasteiger partial charge in [0, 0.05) is 12.0 Å². The largest absolute Gasteiger partial charge is 1.00 e. The van der Waals surface area contributed by atoms with Gasteiger partial charge in [-0.1, -0.05) is 13.3 Å². The van der Waals surface area contributed by atoms with Crippen molar-refractivity contribution in [3.63, 3.8) is 0 Å². The monoisotopic (exact) mass is 298 g/mol. The minimum Gasteiger partial charge on any atom is -1.00 e. The molecular weight excluding hydrogens is 283 g/mol. The summed E-state index contributed by atoms with van der Waals surface area (Å²) < 4.78 is 36.2. The first-order chi connectivity index (χ1) is 7.97. The fourth-order valence-corrected chi connectivity index (χ4v) is 2.05. The van der Waals surface area contributed by atoms with Gasteiger partial charge in [0.1, 0.15) is 12.0 Å². The van der Waals surface area contributed by atoms with Crippen LogP contribution in [0.5, 0.6) is 5.75 Å². The van der Waals surface area contributed by atoms with Crippen molar-refractivity contribution in [1.82, 2.24) is 0 Å². The molecule has 0 spiro atoms. The van der Waals surface area contributed by atoms with Crippen LogP contribution >= 0.6 is 0 Å². The molecule has 0 bridgehead atoms. The van der Waals surface area contributed by atoms with E-state index >= 15 is 0 Å².